The van der Waals surface area contributed by atoms with Gasteiger partial charge in [0.1, 0.15) is 11.4 Å². The monoisotopic (exact) mass is 350 g/mol. The molecule has 1 heterocycles. The fraction of sp³-hybridized carbons (Fsp3) is 0.0625. The molecular formula is C16H12F2N2O3S. The van der Waals surface area contributed by atoms with Gasteiger partial charge < -0.3 is 4.52 Å². The lowest BCUT2D eigenvalue weighted by atomic mass is 10.1. The van der Waals surface area contributed by atoms with Crippen molar-refractivity contribution in [2.45, 2.75) is 11.3 Å². The SMILES string of the molecule is O=S(=O)(Nc1c(-c2ccccc2)noc1C(F)F)c1ccccc1. The van der Waals surface area contributed by atoms with Crippen molar-refractivity contribution in [3.05, 3.63) is 66.4 Å². The van der Waals surface area contributed by atoms with Crippen LogP contribution in [0.3, 0.4) is 0 Å². The second kappa shape index (κ2) is 6.40. The smallest absolute Gasteiger partial charge is 0.300 e. The van der Waals surface area contributed by atoms with E-state index in [0.29, 0.717) is 5.56 Å². The third-order valence-corrected chi connectivity index (χ3v) is 4.62. The molecule has 0 bridgehead atoms. The molecule has 1 aromatic heterocycles. The molecular weight excluding hydrogens is 338 g/mol. The van der Waals surface area contributed by atoms with Crippen molar-refractivity contribution in [1.82, 2.24) is 5.16 Å². The maximum Gasteiger partial charge on any atom is 0.300 e. The molecule has 0 amide bonds. The Morgan fingerprint density at radius 1 is 0.958 bits per heavy atom. The maximum atomic E-state index is 13.2. The largest absolute Gasteiger partial charge is 0.352 e. The molecule has 0 fully saturated rings. The summed E-state index contributed by atoms with van der Waals surface area (Å²) in [5.74, 6) is -0.826. The van der Waals surface area contributed by atoms with Crippen LogP contribution < -0.4 is 4.72 Å². The number of halogens is 2. The van der Waals surface area contributed by atoms with Crippen molar-refractivity contribution >= 4 is 15.7 Å². The van der Waals surface area contributed by atoms with Crippen LogP contribution in [0.2, 0.25) is 0 Å². The van der Waals surface area contributed by atoms with Crippen LogP contribution in [0.5, 0.6) is 0 Å². The first kappa shape index (κ1) is 16.1. The Kier molecular flexibility index (Phi) is 4.30. The molecule has 0 aliphatic carbocycles. The van der Waals surface area contributed by atoms with Gasteiger partial charge in [0, 0.05) is 5.56 Å². The summed E-state index contributed by atoms with van der Waals surface area (Å²) in [6, 6.07) is 15.8. The molecule has 0 spiro atoms. The van der Waals surface area contributed by atoms with Crippen LogP contribution in [0.25, 0.3) is 11.3 Å². The van der Waals surface area contributed by atoms with Gasteiger partial charge in [-0.25, -0.2) is 17.2 Å². The van der Waals surface area contributed by atoms with E-state index in [1.54, 1.807) is 36.4 Å². The summed E-state index contributed by atoms with van der Waals surface area (Å²) in [4.78, 5) is -0.0505. The van der Waals surface area contributed by atoms with Gasteiger partial charge in [-0.05, 0) is 12.1 Å². The number of aromatic nitrogens is 1. The highest BCUT2D eigenvalue weighted by molar-refractivity contribution is 7.92. The number of nitrogens with one attached hydrogen (secondary N) is 1. The number of hydrogen-bond donors (Lipinski definition) is 1. The molecule has 0 atom stereocenters. The Hall–Kier alpha value is -2.74. The first-order valence-electron chi connectivity index (χ1n) is 6.90. The van der Waals surface area contributed by atoms with E-state index in [1.807, 2.05) is 0 Å². The van der Waals surface area contributed by atoms with Gasteiger partial charge in [0.05, 0.1) is 4.90 Å². The lowest BCUT2D eigenvalue weighted by Gasteiger charge is -2.09. The zero-order valence-electron chi connectivity index (χ0n) is 12.2. The average Bonchev–Trinajstić information content (AvgIpc) is 2.99. The van der Waals surface area contributed by atoms with Crippen molar-refractivity contribution in [3.8, 4) is 11.3 Å². The van der Waals surface area contributed by atoms with Crippen LogP contribution in [0.1, 0.15) is 12.2 Å². The first-order valence-corrected chi connectivity index (χ1v) is 8.38. The van der Waals surface area contributed by atoms with E-state index in [-0.39, 0.29) is 16.3 Å². The number of alkyl halides is 2. The van der Waals surface area contributed by atoms with Crippen molar-refractivity contribution < 1.29 is 21.7 Å². The van der Waals surface area contributed by atoms with E-state index in [9.17, 15) is 17.2 Å². The normalized spacial score (nSPS) is 11.6. The molecule has 5 nitrogen and oxygen atoms in total. The third kappa shape index (κ3) is 3.13. The highest BCUT2D eigenvalue weighted by Gasteiger charge is 2.28. The molecule has 124 valence electrons. The van der Waals surface area contributed by atoms with Crippen LogP contribution in [0.15, 0.2) is 70.1 Å². The van der Waals surface area contributed by atoms with Crippen molar-refractivity contribution in [1.29, 1.82) is 0 Å². The predicted octanol–water partition coefficient (Wildman–Crippen LogP) is 4.08. The molecule has 3 rings (SSSR count). The topological polar surface area (TPSA) is 72.2 Å². The highest BCUT2D eigenvalue weighted by Crippen LogP contribution is 2.37. The van der Waals surface area contributed by atoms with E-state index in [2.05, 4.69) is 14.4 Å². The van der Waals surface area contributed by atoms with Crippen LogP contribution in [0.4, 0.5) is 14.5 Å². The molecule has 0 unspecified atom stereocenters. The summed E-state index contributed by atoms with van der Waals surface area (Å²) in [7, 11) is -4.05. The minimum Gasteiger partial charge on any atom is -0.352 e. The van der Waals surface area contributed by atoms with Crippen molar-refractivity contribution in [2.24, 2.45) is 0 Å². The van der Waals surface area contributed by atoms with Crippen molar-refractivity contribution in [2.75, 3.05) is 4.72 Å². The lowest BCUT2D eigenvalue weighted by molar-refractivity contribution is 0.113. The summed E-state index contributed by atoms with van der Waals surface area (Å²) < 4.78 is 58.0. The van der Waals surface area contributed by atoms with Gasteiger partial charge >= 0.3 is 0 Å². The lowest BCUT2D eigenvalue weighted by Crippen LogP contribution is -2.14. The van der Waals surface area contributed by atoms with Gasteiger partial charge in [0.25, 0.3) is 16.4 Å². The summed E-state index contributed by atoms with van der Waals surface area (Å²) in [6.07, 6.45) is -3.01. The van der Waals surface area contributed by atoms with Crippen LogP contribution in [-0.2, 0) is 10.0 Å². The summed E-state index contributed by atoms with van der Waals surface area (Å²) in [5.41, 5.74) is 0.101. The minimum absolute atomic E-state index is 0.00501. The Bertz CT molecular complexity index is 926. The molecule has 0 saturated heterocycles. The van der Waals surface area contributed by atoms with E-state index < -0.39 is 22.2 Å². The van der Waals surface area contributed by atoms with Gasteiger partial charge in [0.15, 0.2) is 0 Å². The first-order chi connectivity index (χ1) is 11.5. The zero-order valence-corrected chi connectivity index (χ0v) is 13.0. The molecule has 8 heteroatoms. The van der Waals surface area contributed by atoms with E-state index in [4.69, 9.17) is 0 Å². The fourth-order valence-electron chi connectivity index (χ4n) is 2.14. The second-order valence-electron chi connectivity index (χ2n) is 4.86. The number of benzene rings is 2. The average molecular weight is 350 g/mol. The predicted molar refractivity (Wildman–Crippen MR) is 84.1 cm³/mol. The highest BCUT2D eigenvalue weighted by atomic mass is 32.2. The van der Waals surface area contributed by atoms with Crippen LogP contribution in [-0.4, -0.2) is 13.6 Å². The third-order valence-electron chi connectivity index (χ3n) is 3.25. The van der Waals surface area contributed by atoms with Crippen LogP contribution in [0, 0.1) is 0 Å². The standard InChI is InChI=1S/C16H12F2N2O3S/c17-16(18)15-14(13(19-23-15)11-7-3-1-4-8-11)20-24(21,22)12-9-5-2-6-10-12/h1-10,16,20H. The molecule has 0 radical (unpaired) electrons. The fourth-order valence-corrected chi connectivity index (χ4v) is 3.24. The quantitative estimate of drug-likeness (QED) is 0.752. The molecule has 3 aromatic rings. The number of sulfonamides is 1. The molecule has 0 saturated carbocycles. The number of nitrogens with zero attached hydrogens (tertiary/aromatic N) is 1. The summed E-state index contributed by atoms with van der Waals surface area (Å²) in [6.45, 7) is 0. The van der Waals surface area contributed by atoms with Crippen molar-refractivity contribution in [3.63, 3.8) is 0 Å². The number of anilines is 1. The van der Waals surface area contributed by atoms with Gasteiger partial charge in [-0.2, -0.15) is 0 Å². The number of rotatable bonds is 5. The van der Waals surface area contributed by atoms with Gasteiger partial charge in [-0.1, -0.05) is 53.7 Å². The number of hydrogen-bond acceptors (Lipinski definition) is 4. The summed E-state index contributed by atoms with van der Waals surface area (Å²) >= 11 is 0. The Morgan fingerprint density at radius 3 is 2.12 bits per heavy atom. The Morgan fingerprint density at radius 2 is 1.54 bits per heavy atom. The molecule has 24 heavy (non-hydrogen) atoms. The minimum atomic E-state index is -4.05. The maximum absolute atomic E-state index is 13.2. The second-order valence-corrected chi connectivity index (χ2v) is 6.54. The van der Waals surface area contributed by atoms with E-state index >= 15 is 0 Å². The van der Waals surface area contributed by atoms with Gasteiger partial charge in [-0.3, -0.25) is 4.72 Å². The van der Waals surface area contributed by atoms with Gasteiger partial charge in [-0.15, -0.1) is 0 Å². The van der Waals surface area contributed by atoms with Gasteiger partial charge in [0.2, 0.25) is 5.76 Å². The summed E-state index contributed by atoms with van der Waals surface area (Å²) in [5, 5.41) is 3.60. The zero-order chi connectivity index (χ0) is 17.2. The molecule has 2 aromatic carbocycles. The molecule has 0 aliphatic rings. The Labute approximate surface area is 137 Å². The van der Waals surface area contributed by atoms with E-state index in [1.165, 1.54) is 24.3 Å². The van der Waals surface area contributed by atoms with E-state index in [0.717, 1.165) is 0 Å². The Balaban J connectivity index is 2.08. The molecule has 1 N–H and O–H groups in total. The van der Waals surface area contributed by atoms with Crippen LogP contribution >= 0.6 is 0 Å². The molecule has 0 aliphatic heterocycles.